The average molecular weight is 1000 g/mol. The van der Waals surface area contributed by atoms with Crippen molar-refractivity contribution in [2.24, 2.45) is 0 Å². The average Bonchev–Trinajstić information content (AvgIpc) is 3.76. The van der Waals surface area contributed by atoms with Crippen molar-refractivity contribution in [2.75, 3.05) is 39.0 Å². The number of amides is 4. The standard InChI is InChI=1S/C66H58N4O4S/c1-6-9-12-15-18-21-24-27-30-33-36-39-42-45-48-51-55-70(62(72)53-50-47-44-41-38-35-32-29-26-23-20-17-14-11-8-3)66(74)64-59-54-56-69(63(73)58-68(4)5)57-60(59)75-65(64)67-61(71)52-49-46-43-40-37-34-31-28-25-22-19-16-13-10-7-2/h6,9,12,15,18,21,24,27,30,33,36,39,42,45,48,51,54-58H2,1-5H3,(H,67,71). The number of nitrogens with one attached hydrogen (secondary N) is 1. The Morgan fingerprint density at radius 3 is 1.28 bits per heavy atom. The lowest BCUT2D eigenvalue weighted by atomic mass is 10.0. The van der Waals surface area contributed by atoms with Gasteiger partial charge in [-0.25, -0.2) is 0 Å². The maximum Gasteiger partial charge on any atom is 0.306 e. The van der Waals surface area contributed by atoms with Crippen molar-refractivity contribution in [3.63, 3.8) is 0 Å². The summed E-state index contributed by atoms with van der Waals surface area (Å²) in [6, 6.07) is 0. The summed E-state index contributed by atoms with van der Waals surface area (Å²) in [5.74, 6) is 78.7. The van der Waals surface area contributed by atoms with Crippen LogP contribution >= 0.6 is 11.3 Å². The third kappa shape index (κ3) is 30.2. The van der Waals surface area contributed by atoms with Gasteiger partial charge in [-0.3, -0.25) is 24.1 Å². The SMILES string of the molecule is CC#CC#CC#CC#CC#CC#CC#CC#CC(=O)Nc1sc2c(c1C(=O)N(CCCCCCCCCCCCCCCCCC)C(=O)C#CC#CC#CC#CC#CC#CC#CC#CC)CCN(C(=O)CN(C)C)C2. The molecule has 372 valence electrons. The number of hydrogen-bond donors (Lipinski definition) is 1. The van der Waals surface area contributed by atoms with Gasteiger partial charge in [-0.2, -0.15) is 0 Å². The van der Waals surface area contributed by atoms with Gasteiger partial charge in [0.15, 0.2) is 0 Å². The van der Waals surface area contributed by atoms with Crippen LogP contribution in [0.1, 0.15) is 144 Å². The number of nitrogens with zero attached hydrogens (tertiary/aromatic N) is 3. The minimum absolute atomic E-state index is 0.0783. The first-order valence-electron chi connectivity index (χ1n) is 24.8. The van der Waals surface area contributed by atoms with Gasteiger partial charge in [-0.1, -0.05) is 115 Å². The van der Waals surface area contributed by atoms with Gasteiger partial charge < -0.3 is 15.1 Å². The van der Waals surface area contributed by atoms with Crippen molar-refractivity contribution < 1.29 is 19.2 Å². The first-order valence-corrected chi connectivity index (χ1v) is 25.6. The Labute approximate surface area is 452 Å². The van der Waals surface area contributed by atoms with E-state index in [1.165, 1.54) is 70.6 Å². The minimum Gasteiger partial charge on any atom is -0.336 e. The van der Waals surface area contributed by atoms with Gasteiger partial charge >= 0.3 is 11.8 Å². The van der Waals surface area contributed by atoms with Crippen molar-refractivity contribution in [2.45, 2.75) is 136 Å². The Hall–Kier alpha value is -9.30. The summed E-state index contributed by atoms with van der Waals surface area (Å²) in [7, 11) is 3.63. The second-order valence-corrected chi connectivity index (χ2v) is 17.4. The largest absolute Gasteiger partial charge is 0.336 e. The molecule has 4 amide bonds. The molecule has 1 aliphatic rings. The molecule has 2 rings (SSSR count). The van der Waals surface area contributed by atoms with Crippen LogP contribution in [-0.4, -0.2) is 72.1 Å². The maximum absolute atomic E-state index is 14.7. The third-order valence-electron chi connectivity index (χ3n) is 10.2. The van der Waals surface area contributed by atoms with Gasteiger partial charge in [0.2, 0.25) is 5.91 Å². The van der Waals surface area contributed by atoms with E-state index in [2.05, 4.69) is 202 Å². The highest BCUT2D eigenvalue weighted by atomic mass is 32.1. The quantitative estimate of drug-likeness (QED) is 0.102. The monoisotopic (exact) mass is 1000 g/mol. The fraction of sp³-hybridized carbons (Fsp3) is 0.394. The minimum atomic E-state index is -0.758. The topological polar surface area (TPSA) is 90.0 Å². The number of thiophene rings is 1. The number of hydrogen-bond acceptors (Lipinski definition) is 6. The second kappa shape index (κ2) is 42.4. The van der Waals surface area contributed by atoms with Gasteiger partial charge in [0.25, 0.3) is 5.91 Å². The molecular formula is C66H58N4O4S. The van der Waals surface area contributed by atoms with Gasteiger partial charge in [0.1, 0.15) is 5.00 Å². The lowest BCUT2D eigenvalue weighted by Gasteiger charge is -2.28. The Morgan fingerprint density at radius 2 is 0.880 bits per heavy atom. The van der Waals surface area contributed by atoms with E-state index in [4.69, 9.17) is 0 Å². The molecule has 0 fully saturated rings. The molecule has 2 heterocycles. The first kappa shape index (κ1) is 61.8. The van der Waals surface area contributed by atoms with Crippen LogP contribution in [0.3, 0.4) is 0 Å². The zero-order chi connectivity index (χ0) is 54.2. The van der Waals surface area contributed by atoms with Gasteiger partial charge in [0.05, 0.1) is 18.7 Å². The van der Waals surface area contributed by atoms with Crippen LogP contribution in [0.25, 0.3) is 0 Å². The number of imide groups is 1. The fourth-order valence-corrected chi connectivity index (χ4v) is 8.05. The molecule has 1 N–H and O–H groups in total. The molecule has 0 saturated carbocycles. The van der Waals surface area contributed by atoms with Crippen LogP contribution in [0.15, 0.2) is 0 Å². The Balaban J connectivity index is 2.33. The number of unbranched alkanes of at least 4 members (excludes halogenated alkanes) is 15. The zero-order valence-corrected chi connectivity index (χ0v) is 44.5. The van der Waals surface area contributed by atoms with Crippen molar-refractivity contribution in [3.05, 3.63) is 16.0 Å². The highest BCUT2D eigenvalue weighted by Gasteiger charge is 2.34. The maximum atomic E-state index is 14.7. The van der Waals surface area contributed by atoms with Crippen molar-refractivity contribution in [1.82, 2.24) is 14.7 Å². The van der Waals surface area contributed by atoms with Crippen molar-refractivity contribution in [3.8, 4) is 189 Å². The van der Waals surface area contributed by atoms with Crippen LogP contribution < -0.4 is 5.32 Å². The summed E-state index contributed by atoms with van der Waals surface area (Å²) in [5, 5.41) is 2.95. The fourth-order valence-electron chi connectivity index (χ4n) is 6.80. The smallest absolute Gasteiger partial charge is 0.306 e. The number of carbonyl (C=O) groups excluding carboxylic acids is 4. The van der Waals surface area contributed by atoms with Crippen LogP contribution in [0, 0.1) is 189 Å². The molecule has 0 unspecified atom stereocenters. The van der Waals surface area contributed by atoms with E-state index < -0.39 is 17.7 Å². The number of likely N-dealkylation sites (N-methyl/N-ethyl adjacent to an activating group) is 1. The van der Waals surface area contributed by atoms with E-state index in [9.17, 15) is 19.2 Å². The normalized spacial score (nSPS) is 9.07. The van der Waals surface area contributed by atoms with E-state index in [0.29, 0.717) is 29.8 Å². The molecule has 0 bridgehead atoms. The van der Waals surface area contributed by atoms with E-state index in [-0.39, 0.29) is 36.1 Å². The molecule has 9 heteroatoms. The molecule has 0 atom stereocenters. The first-order chi connectivity index (χ1) is 36.7. The number of anilines is 1. The molecule has 0 aromatic carbocycles. The summed E-state index contributed by atoms with van der Waals surface area (Å²) in [4.78, 5) is 60.3. The predicted octanol–water partition coefficient (Wildman–Crippen LogP) is 7.46. The van der Waals surface area contributed by atoms with Crippen LogP contribution in [0.5, 0.6) is 0 Å². The van der Waals surface area contributed by atoms with Gasteiger partial charge in [-0.15, -0.1) is 11.3 Å². The zero-order valence-electron chi connectivity index (χ0n) is 43.7. The van der Waals surface area contributed by atoms with Gasteiger partial charge in [0, 0.05) is 29.8 Å². The van der Waals surface area contributed by atoms with Gasteiger partial charge in [-0.05, 0) is 212 Å². The molecule has 8 nitrogen and oxygen atoms in total. The molecule has 1 aliphatic heterocycles. The molecular weight excluding hydrogens is 945 g/mol. The summed E-state index contributed by atoms with van der Waals surface area (Å²) in [5.41, 5.74) is 0.801. The number of rotatable bonds is 21. The summed E-state index contributed by atoms with van der Waals surface area (Å²) < 4.78 is 0. The molecule has 75 heavy (non-hydrogen) atoms. The molecule has 1 aromatic rings. The number of carbonyl (C=O) groups is 4. The highest BCUT2D eigenvalue weighted by molar-refractivity contribution is 7.17. The van der Waals surface area contributed by atoms with Crippen molar-refractivity contribution >= 4 is 40.0 Å². The lowest BCUT2D eigenvalue weighted by molar-refractivity contribution is -0.132. The summed E-state index contributed by atoms with van der Waals surface area (Å²) >= 11 is 1.16. The lowest BCUT2D eigenvalue weighted by Crippen LogP contribution is -2.41. The summed E-state index contributed by atoms with van der Waals surface area (Å²) in [6.07, 6.45) is 19.2. The molecule has 0 spiro atoms. The molecule has 0 saturated heterocycles. The van der Waals surface area contributed by atoms with E-state index in [1.807, 2.05) is 14.1 Å². The third-order valence-corrected chi connectivity index (χ3v) is 11.4. The van der Waals surface area contributed by atoms with Crippen LogP contribution in [-0.2, 0) is 27.3 Å². The summed E-state index contributed by atoms with van der Waals surface area (Å²) in [6.45, 7) is 6.47. The highest BCUT2D eigenvalue weighted by Crippen LogP contribution is 2.38. The predicted molar refractivity (Wildman–Crippen MR) is 302 cm³/mol. The van der Waals surface area contributed by atoms with Crippen LogP contribution in [0.2, 0.25) is 0 Å². The molecule has 0 aliphatic carbocycles. The Kier molecular flexibility index (Phi) is 34.9. The number of fused-ring (bicyclic) bond motifs is 1. The van der Waals surface area contributed by atoms with E-state index >= 15 is 0 Å². The van der Waals surface area contributed by atoms with Crippen LogP contribution in [0.4, 0.5) is 5.00 Å². The Bertz CT molecular complexity index is 3290. The second-order valence-electron chi connectivity index (χ2n) is 16.3. The van der Waals surface area contributed by atoms with Crippen molar-refractivity contribution in [1.29, 1.82) is 0 Å². The molecule has 1 aromatic heterocycles. The Morgan fingerprint density at radius 1 is 0.507 bits per heavy atom. The van der Waals surface area contributed by atoms with E-state index in [0.717, 1.165) is 41.9 Å². The molecule has 0 radical (unpaired) electrons. The van der Waals surface area contributed by atoms with E-state index in [1.54, 1.807) is 23.6 Å².